The van der Waals surface area contributed by atoms with E-state index in [0.717, 1.165) is 27.9 Å². The number of rotatable bonds is 8. The minimum Gasteiger partial charge on any atom is -0.370 e. The second-order valence-corrected chi connectivity index (χ2v) is 12.5. The molecule has 0 saturated carbocycles. The molecule has 1 aliphatic heterocycles. The molecule has 1 amide bonds. The fourth-order valence-corrected chi connectivity index (χ4v) is 5.94. The van der Waals surface area contributed by atoms with Crippen molar-refractivity contribution in [1.29, 1.82) is 0 Å². The van der Waals surface area contributed by atoms with Crippen LogP contribution in [0.5, 0.6) is 0 Å². The molecule has 0 aliphatic carbocycles. The van der Waals surface area contributed by atoms with Crippen molar-refractivity contribution >= 4 is 45.9 Å². The van der Waals surface area contributed by atoms with Gasteiger partial charge in [0.2, 0.25) is 11.9 Å². The Kier molecular flexibility index (Phi) is 8.65. The third-order valence-corrected chi connectivity index (χ3v) is 8.58. The fraction of sp³-hybridized carbons (Fsp3) is 0.394. The van der Waals surface area contributed by atoms with Gasteiger partial charge in [-0.1, -0.05) is 67.9 Å². The highest BCUT2D eigenvalue weighted by Crippen LogP contribution is 2.39. The molecule has 1 saturated heterocycles. The number of nitrogens with zero attached hydrogens (tertiary/aromatic N) is 3. The standard InChI is InChI=1S/C33H37ClF3N5O/c1-21-12-13-23(19-38-30(43)32(2,3)18-22-9-6-5-7-10-22)15-26(21)39-31-40-27-16-25(34)28(17-29(27)41(31)4)42-14-8-11-24(20-42)33(35,36)37/h5-7,9-10,12-13,15-17,24H,8,11,14,18-20H2,1-4H3,(H,38,43)(H,39,40). The molecular weight excluding hydrogens is 575 g/mol. The Hall–Kier alpha value is -3.72. The van der Waals surface area contributed by atoms with E-state index in [2.05, 4.69) is 10.6 Å². The van der Waals surface area contributed by atoms with Crippen LogP contribution in [0.25, 0.3) is 11.0 Å². The van der Waals surface area contributed by atoms with E-state index in [0.29, 0.717) is 48.1 Å². The van der Waals surface area contributed by atoms with Crippen LogP contribution < -0.4 is 15.5 Å². The molecule has 1 aliphatic rings. The normalized spacial score (nSPS) is 16.0. The summed E-state index contributed by atoms with van der Waals surface area (Å²) in [5.74, 6) is -0.820. The maximum absolute atomic E-state index is 13.4. The van der Waals surface area contributed by atoms with E-state index in [1.54, 1.807) is 11.0 Å². The number of piperidine rings is 1. The zero-order valence-electron chi connectivity index (χ0n) is 24.9. The van der Waals surface area contributed by atoms with Crippen LogP contribution in [-0.2, 0) is 24.8 Å². The Balaban J connectivity index is 1.31. The zero-order valence-corrected chi connectivity index (χ0v) is 25.6. The van der Waals surface area contributed by atoms with Crippen LogP contribution >= 0.6 is 11.6 Å². The van der Waals surface area contributed by atoms with Crippen molar-refractivity contribution in [3.63, 3.8) is 0 Å². The minimum absolute atomic E-state index is 0.0234. The van der Waals surface area contributed by atoms with Gasteiger partial charge in [0.15, 0.2) is 0 Å². The summed E-state index contributed by atoms with van der Waals surface area (Å²) >= 11 is 6.58. The summed E-state index contributed by atoms with van der Waals surface area (Å²) in [4.78, 5) is 19.5. The van der Waals surface area contributed by atoms with Gasteiger partial charge in [-0.15, -0.1) is 0 Å². The number of nitrogens with one attached hydrogen (secondary N) is 2. The average molecular weight is 612 g/mol. The number of aromatic nitrogens is 2. The van der Waals surface area contributed by atoms with E-state index in [1.807, 2.05) is 87.0 Å². The Morgan fingerprint density at radius 1 is 1.07 bits per heavy atom. The lowest BCUT2D eigenvalue weighted by molar-refractivity contribution is -0.176. The van der Waals surface area contributed by atoms with Crippen LogP contribution in [0.2, 0.25) is 5.02 Å². The largest absolute Gasteiger partial charge is 0.393 e. The van der Waals surface area contributed by atoms with Gasteiger partial charge in [0, 0.05) is 37.8 Å². The Labute approximate surface area is 255 Å². The van der Waals surface area contributed by atoms with Gasteiger partial charge in [-0.3, -0.25) is 4.79 Å². The molecule has 43 heavy (non-hydrogen) atoms. The smallest absolute Gasteiger partial charge is 0.370 e. The van der Waals surface area contributed by atoms with Gasteiger partial charge in [-0.2, -0.15) is 13.2 Å². The van der Waals surface area contributed by atoms with Gasteiger partial charge in [-0.05, 0) is 61.1 Å². The number of halogens is 4. The van der Waals surface area contributed by atoms with Crippen LogP contribution in [-0.4, -0.2) is 34.7 Å². The van der Waals surface area contributed by atoms with Crippen molar-refractivity contribution in [2.24, 2.45) is 18.4 Å². The number of imidazole rings is 1. The maximum Gasteiger partial charge on any atom is 0.393 e. The third-order valence-electron chi connectivity index (χ3n) is 8.28. The molecule has 228 valence electrons. The second-order valence-electron chi connectivity index (χ2n) is 12.1. The van der Waals surface area contributed by atoms with E-state index in [4.69, 9.17) is 16.6 Å². The molecule has 0 radical (unpaired) electrons. The molecule has 1 atom stereocenters. The molecular formula is C33H37ClF3N5O. The van der Waals surface area contributed by atoms with Gasteiger partial charge in [0.25, 0.3) is 0 Å². The van der Waals surface area contributed by atoms with Gasteiger partial charge < -0.3 is 20.1 Å². The Bertz CT molecular complexity index is 1620. The molecule has 5 rings (SSSR count). The first kappa shape index (κ1) is 30.7. The van der Waals surface area contributed by atoms with Crippen LogP contribution in [0.3, 0.4) is 0 Å². The molecule has 6 nitrogen and oxygen atoms in total. The van der Waals surface area contributed by atoms with E-state index >= 15 is 0 Å². The number of benzene rings is 3. The van der Waals surface area contributed by atoms with Crippen molar-refractivity contribution in [2.45, 2.75) is 52.8 Å². The molecule has 10 heteroatoms. The third kappa shape index (κ3) is 6.93. The topological polar surface area (TPSA) is 62.2 Å². The number of fused-ring (bicyclic) bond motifs is 1. The number of alkyl halides is 3. The zero-order chi connectivity index (χ0) is 30.9. The summed E-state index contributed by atoms with van der Waals surface area (Å²) < 4.78 is 42.2. The number of aryl methyl sites for hydroxylation is 2. The lowest BCUT2D eigenvalue weighted by Gasteiger charge is -2.35. The van der Waals surface area contributed by atoms with Gasteiger partial charge >= 0.3 is 6.18 Å². The summed E-state index contributed by atoms with van der Waals surface area (Å²) in [7, 11) is 1.86. The molecule has 1 aromatic heterocycles. The number of anilines is 3. The molecule has 2 heterocycles. The highest BCUT2D eigenvalue weighted by Gasteiger charge is 2.42. The minimum atomic E-state index is -4.23. The number of hydrogen-bond donors (Lipinski definition) is 2. The first-order valence-electron chi connectivity index (χ1n) is 14.5. The van der Waals surface area contributed by atoms with Gasteiger partial charge in [0.05, 0.1) is 27.7 Å². The second kappa shape index (κ2) is 12.1. The van der Waals surface area contributed by atoms with E-state index < -0.39 is 17.5 Å². The molecule has 1 unspecified atom stereocenters. The number of carbonyl (C=O) groups is 1. The monoisotopic (exact) mass is 611 g/mol. The number of hydrogen-bond acceptors (Lipinski definition) is 4. The lowest BCUT2D eigenvalue weighted by Crippen LogP contribution is -2.41. The summed E-state index contributed by atoms with van der Waals surface area (Å²) in [5, 5.41) is 6.86. The Morgan fingerprint density at radius 2 is 1.81 bits per heavy atom. The van der Waals surface area contributed by atoms with Crippen LogP contribution in [0.1, 0.15) is 43.4 Å². The fourth-order valence-electron chi connectivity index (χ4n) is 5.66. The molecule has 4 aromatic rings. The maximum atomic E-state index is 13.4. The highest BCUT2D eigenvalue weighted by atomic mass is 35.5. The first-order valence-corrected chi connectivity index (χ1v) is 14.9. The first-order chi connectivity index (χ1) is 20.3. The SMILES string of the molecule is Cc1ccc(CNC(=O)C(C)(C)Cc2ccccc2)cc1Nc1nc2cc(Cl)c(N3CCCC(C(F)(F)F)C3)cc2n1C. The molecule has 3 aromatic carbocycles. The molecule has 0 bridgehead atoms. The Morgan fingerprint density at radius 3 is 2.53 bits per heavy atom. The predicted octanol–water partition coefficient (Wildman–Crippen LogP) is 7.94. The van der Waals surface area contributed by atoms with E-state index in [-0.39, 0.29) is 18.9 Å². The van der Waals surface area contributed by atoms with Crippen LogP contribution in [0, 0.1) is 18.3 Å². The van der Waals surface area contributed by atoms with Gasteiger partial charge in [-0.25, -0.2) is 4.98 Å². The van der Waals surface area contributed by atoms with Crippen molar-refractivity contribution in [1.82, 2.24) is 14.9 Å². The number of carbonyl (C=O) groups excluding carboxylic acids is 1. The predicted molar refractivity (Wildman–Crippen MR) is 167 cm³/mol. The average Bonchev–Trinajstić information content (AvgIpc) is 3.26. The summed E-state index contributed by atoms with van der Waals surface area (Å²) in [6.45, 7) is 6.67. The van der Waals surface area contributed by atoms with Crippen molar-refractivity contribution in [2.75, 3.05) is 23.3 Å². The summed E-state index contributed by atoms with van der Waals surface area (Å²) in [6, 6.07) is 19.5. The van der Waals surface area contributed by atoms with Crippen molar-refractivity contribution in [3.05, 3.63) is 82.4 Å². The highest BCUT2D eigenvalue weighted by molar-refractivity contribution is 6.34. The van der Waals surface area contributed by atoms with Gasteiger partial charge in [0.1, 0.15) is 0 Å². The summed E-state index contributed by atoms with van der Waals surface area (Å²) in [6.07, 6.45) is -3.00. The van der Waals surface area contributed by atoms with Crippen molar-refractivity contribution < 1.29 is 18.0 Å². The molecule has 0 spiro atoms. The quantitative estimate of drug-likeness (QED) is 0.212. The lowest BCUT2D eigenvalue weighted by atomic mass is 9.85. The number of amides is 1. The van der Waals surface area contributed by atoms with Crippen LogP contribution in [0.15, 0.2) is 60.7 Å². The van der Waals surface area contributed by atoms with E-state index in [9.17, 15) is 18.0 Å². The molecule has 2 N–H and O–H groups in total. The summed E-state index contributed by atoms with van der Waals surface area (Å²) in [5.41, 5.74) is 5.31. The van der Waals surface area contributed by atoms with E-state index in [1.165, 1.54) is 0 Å². The van der Waals surface area contributed by atoms with Crippen molar-refractivity contribution in [3.8, 4) is 0 Å². The molecule has 1 fully saturated rings. The van der Waals surface area contributed by atoms with Crippen LogP contribution in [0.4, 0.5) is 30.5 Å².